The van der Waals surface area contributed by atoms with Gasteiger partial charge in [-0.1, -0.05) is 0 Å². The van der Waals surface area contributed by atoms with Crippen LogP contribution < -0.4 is 10.0 Å². The van der Waals surface area contributed by atoms with Crippen molar-refractivity contribution < 1.29 is 13.2 Å². The summed E-state index contributed by atoms with van der Waals surface area (Å²) in [7, 11) is -0.0517. The quantitative estimate of drug-likeness (QED) is 0.509. The summed E-state index contributed by atoms with van der Waals surface area (Å²) in [4.78, 5) is 0. The summed E-state index contributed by atoms with van der Waals surface area (Å²) < 4.78 is 32.6. The molecule has 1 fully saturated rings. The molecule has 0 aromatic heterocycles. The van der Waals surface area contributed by atoms with Gasteiger partial charge in [-0.15, -0.1) is 0 Å². The maximum Gasteiger partial charge on any atom is 0.279 e. The molecule has 0 aromatic rings. The number of hydrogen-bond donors (Lipinski definition) is 2. The first-order valence-corrected chi connectivity index (χ1v) is 8.43. The molecule has 19 heavy (non-hydrogen) atoms. The van der Waals surface area contributed by atoms with Gasteiger partial charge in [-0.05, 0) is 38.6 Å². The molecule has 0 saturated heterocycles. The fraction of sp³-hybridized carbons (Fsp3) is 1.00. The summed E-state index contributed by atoms with van der Waals surface area (Å²) in [6, 6.07) is 0.681. The first-order chi connectivity index (χ1) is 9.06. The van der Waals surface area contributed by atoms with E-state index in [9.17, 15) is 8.42 Å². The van der Waals surface area contributed by atoms with Crippen LogP contribution in [0.3, 0.4) is 0 Å². The molecule has 114 valence electrons. The zero-order valence-electron chi connectivity index (χ0n) is 12.0. The van der Waals surface area contributed by atoms with Crippen molar-refractivity contribution in [2.75, 3.05) is 40.4 Å². The van der Waals surface area contributed by atoms with Crippen LogP contribution in [0.2, 0.25) is 0 Å². The van der Waals surface area contributed by atoms with Crippen LogP contribution in [0, 0.1) is 0 Å². The second kappa shape index (κ2) is 8.86. The van der Waals surface area contributed by atoms with Crippen LogP contribution in [0.4, 0.5) is 0 Å². The molecular weight excluding hydrogens is 266 g/mol. The Morgan fingerprint density at radius 1 is 1.21 bits per heavy atom. The van der Waals surface area contributed by atoms with Gasteiger partial charge in [0.25, 0.3) is 10.2 Å². The third-order valence-corrected chi connectivity index (χ3v) is 4.70. The van der Waals surface area contributed by atoms with E-state index in [0.29, 0.717) is 25.7 Å². The maximum atomic E-state index is 11.9. The molecule has 0 radical (unpaired) electrons. The number of hydrogen-bond acceptors (Lipinski definition) is 4. The van der Waals surface area contributed by atoms with Gasteiger partial charge in [-0.2, -0.15) is 12.7 Å². The molecule has 1 saturated carbocycles. The largest absolute Gasteiger partial charge is 0.385 e. The molecule has 0 spiro atoms. The monoisotopic (exact) mass is 293 g/mol. The van der Waals surface area contributed by atoms with E-state index < -0.39 is 10.2 Å². The number of nitrogens with zero attached hydrogens (tertiary/aromatic N) is 1. The Labute approximate surface area is 117 Å². The molecule has 0 aromatic carbocycles. The van der Waals surface area contributed by atoms with Gasteiger partial charge in [0, 0.05) is 39.9 Å². The molecule has 0 atom stereocenters. The lowest BCUT2D eigenvalue weighted by molar-refractivity contribution is 0.193. The van der Waals surface area contributed by atoms with Crippen molar-refractivity contribution >= 4 is 10.2 Å². The Morgan fingerprint density at radius 3 is 2.58 bits per heavy atom. The number of rotatable bonds is 12. The van der Waals surface area contributed by atoms with Crippen molar-refractivity contribution in [1.82, 2.24) is 14.3 Å². The van der Waals surface area contributed by atoms with E-state index in [1.165, 1.54) is 17.1 Å². The smallest absolute Gasteiger partial charge is 0.279 e. The van der Waals surface area contributed by atoms with Crippen molar-refractivity contribution in [3.05, 3.63) is 0 Å². The van der Waals surface area contributed by atoms with Crippen LogP contribution in [0.1, 0.15) is 32.1 Å². The lowest BCUT2D eigenvalue weighted by Gasteiger charge is -2.17. The molecular formula is C12H27N3O3S. The maximum absolute atomic E-state index is 11.9. The Morgan fingerprint density at radius 2 is 1.95 bits per heavy atom. The zero-order chi connectivity index (χ0) is 14.1. The minimum Gasteiger partial charge on any atom is -0.385 e. The van der Waals surface area contributed by atoms with Crippen molar-refractivity contribution in [3.8, 4) is 0 Å². The molecule has 6 nitrogen and oxygen atoms in total. The predicted octanol–water partition coefficient (Wildman–Crippen LogP) is 0.321. The van der Waals surface area contributed by atoms with E-state index in [4.69, 9.17) is 4.74 Å². The fourth-order valence-electron chi connectivity index (χ4n) is 1.70. The SMILES string of the molecule is COCCCCNS(=O)(=O)N(C)CCCNC1CC1. The Balaban J connectivity index is 2.07. The van der Waals surface area contributed by atoms with Crippen LogP contribution in [-0.2, 0) is 14.9 Å². The Hall–Kier alpha value is -0.210. The lowest BCUT2D eigenvalue weighted by Crippen LogP contribution is -2.39. The highest BCUT2D eigenvalue weighted by molar-refractivity contribution is 7.87. The van der Waals surface area contributed by atoms with E-state index in [2.05, 4.69) is 10.0 Å². The van der Waals surface area contributed by atoms with Crippen LogP contribution >= 0.6 is 0 Å². The Bertz CT molecular complexity index is 331. The van der Waals surface area contributed by atoms with Gasteiger partial charge >= 0.3 is 0 Å². The number of methoxy groups -OCH3 is 1. The summed E-state index contributed by atoms with van der Waals surface area (Å²) in [5.41, 5.74) is 0. The average Bonchev–Trinajstić information content (AvgIpc) is 3.18. The van der Waals surface area contributed by atoms with Crippen molar-refractivity contribution in [2.24, 2.45) is 0 Å². The van der Waals surface area contributed by atoms with Gasteiger partial charge in [-0.3, -0.25) is 0 Å². The second-order valence-electron chi connectivity index (χ2n) is 5.00. The van der Waals surface area contributed by atoms with E-state index in [0.717, 1.165) is 25.8 Å². The molecule has 0 unspecified atom stereocenters. The van der Waals surface area contributed by atoms with Gasteiger partial charge in [0.05, 0.1) is 0 Å². The van der Waals surface area contributed by atoms with Crippen molar-refractivity contribution in [3.63, 3.8) is 0 Å². The molecule has 0 amide bonds. The topological polar surface area (TPSA) is 70.7 Å². The first kappa shape index (κ1) is 16.8. The van der Waals surface area contributed by atoms with Crippen LogP contribution in [0.5, 0.6) is 0 Å². The van der Waals surface area contributed by atoms with Crippen molar-refractivity contribution in [2.45, 2.75) is 38.1 Å². The van der Waals surface area contributed by atoms with Crippen LogP contribution in [0.15, 0.2) is 0 Å². The van der Waals surface area contributed by atoms with E-state index in [1.807, 2.05) is 0 Å². The molecule has 1 aliphatic rings. The molecule has 7 heteroatoms. The predicted molar refractivity (Wildman–Crippen MR) is 76.3 cm³/mol. The van der Waals surface area contributed by atoms with Gasteiger partial charge in [0.15, 0.2) is 0 Å². The lowest BCUT2D eigenvalue weighted by atomic mass is 10.3. The normalized spacial score (nSPS) is 16.2. The number of nitrogens with one attached hydrogen (secondary N) is 2. The summed E-state index contributed by atoms with van der Waals surface area (Å²) in [6.45, 7) is 2.58. The van der Waals surface area contributed by atoms with Crippen LogP contribution in [-0.4, -0.2) is 59.2 Å². The molecule has 1 aliphatic carbocycles. The third-order valence-electron chi connectivity index (χ3n) is 3.13. The van der Waals surface area contributed by atoms with E-state index in [1.54, 1.807) is 14.2 Å². The highest BCUT2D eigenvalue weighted by atomic mass is 32.2. The standard InChI is InChI=1S/C12H27N3O3S/c1-15(10-5-8-13-12-6-7-12)19(16,17)14-9-3-4-11-18-2/h12-14H,3-11H2,1-2H3. The van der Waals surface area contributed by atoms with Gasteiger partial charge < -0.3 is 10.1 Å². The van der Waals surface area contributed by atoms with Gasteiger partial charge in [0.1, 0.15) is 0 Å². The summed E-state index contributed by atoms with van der Waals surface area (Å²) in [5, 5.41) is 3.37. The molecule has 0 aliphatic heterocycles. The van der Waals surface area contributed by atoms with E-state index in [-0.39, 0.29) is 0 Å². The Kier molecular flexibility index (Phi) is 7.86. The first-order valence-electron chi connectivity index (χ1n) is 6.99. The van der Waals surface area contributed by atoms with Crippen molar-refractivity contribution in [1.29, 1.82) is 0 Å². The number of unbranched alkanes of at least 4 members (excludes halogenated alkanes) is 1. The molecule has 0 heterocycles. The fourth-order valence-corrected chi connectivity index (χ4v) is 2.69. The molecule has 1 rings (SSSR count). The number of ether oxygens (including phenoxy) is 1. The summed E-state index contributed by atoms with van der Waals surface area (Å²) in [5.74, 6) is 0. The summed E-state index contributed by atoms with van der Waals surface area (Å²) >= 11 is 0. The van der Waals surface area contributed by atoms with E-state index >= 15 is 0 Å². The highest BCUT2D eigenvalue weighted by Crippen LogP contribution is 2.18. The molecule has 2 N–H and O–H groups in total. The zero-order valence-corrected chi connectivity index (χ0v) is 12.8. The molecule has 0 bridgehead atoms. The minimum atomic E-state index is -3.32. The highest BCUT2D eigenvalue weighted by Gasteiger charge is 2.20. The minimum absolute atomic E-state index is 0.469. The van der Waals surface area contributed by atoms with Gasteiger partial charge in [0.2, 0.25) is 0 Å². The van der Waals surface area contributed by atoms with Crippen LogP contribution in [0.25, 0.3) is 0 Å². The average molecular weight is 293 g/mol. The third kappa shape index (κ3) is 7.84. The van der Waals surface area contributed by atoms with Gasteiger partial charge in [-0.25, -0.2) is 4.72 Å². The summed E-state index contributed by atoms with van der Waals surface area (Å²) in [6.07, 6.45) is 5.03. The second-order valence-corrected chi connectivity index (χ2v) is 6.86.